The van der Waals surface area contributed by atoms with E-state index in [1.165, 1.54) is 154 Å². The summed E-state index contributed by atoms with van der Waals surface area (Å²) >= 11 is 0. The van der Waals surface area contributed by atoms with E-state index >= 15 is 0 Å². The molecule has 13 aromatic carbocycles. The summed E-state index contributed by atoms with van der Waals surface area (Å²) in [6.07, 6.45) is 4.45. The number of hydrogen-bond acceptors (Lipinski definition) is 0. The van der Waals surface area contributed by atoms with Crippen LogP contribution >= 0.6 is 0 Å². The van der Waals surface area contributed by atoms with E-state index in [1.807, 2.05) is 0 Å². The van der Waals surface area contributed by atoms with Crippen LogP contribution < -0.4 is 0 Å². The van der Waals surface area contributed by atoms with Crippen molar-refractivity contribution in [1.82, 2.24) is 13.7 Å². The van der Waals surface area contributed by atoms with Crippen molar-refractivity contribution in [3.05, 3.63) is 284 Å². The van der Waals surface area contributed by atoms with E-state index in [0.29, 0.717) is 0 Å². The predicted octanol–water partition coefficient (Wildman–Crippen LogP) is 21.9. The molecule has 16 rings (SSSR count). The summed E-state index contributed by atoms with van der Waals surface area (Å²) in [6.45, 7) is 4.49. The van der Waals surface area contributed by atoms with Gasteiger partial charge in [-0.2, -0.15) is 0 Å². The lowest BCUT2D eigenvalue weighted by Gasteiger charge is -2.18. The summed E-state index contributed by atoms with van der Waals surface area (Å²) in [6, 6.07) is 102. The molecule has 0 N–H and O–H groups in total. The van der Waals surface area contributed by atoms with E-state index in [9.17, 15) is 0 Å². The van der Waals surface area contributed by atoms with Crippen LogP contribution in [0.5, 0.6) is 0 Å². The van der Waals surface area contributed by atoms with Gasteiger partial charge in [-0.1, -0.05) is 203 Å². The molecule has 83 heavy (non-hydrogen) atoms. The lowest BCUT2D eigenvalue weighted by atomic mass is 9.86. The molecule has 0 fully saturated rings. The van der Waals surface area contributed by atoms with Crippen LogP contribution in [0.25, 0.3) is 149 Å². The first kappa shape index (κ1) is 48.7. The van der Waals surface area contributed by atoms with Gasteiger partial charge in [-0.3, -0.25) is 0 Å². The number of fused-ring (bicyclic) bond motifs is 11. The molecule has 3 heteroatoms. The molecular weight excluding hydrogens is 1000 g/mol. The Kier molecular flexibility index (Phi) is 11.6. The molecule has 0 saturated carbocycles. The highest BCUT2D eigenvalue weighted by atomic mass is 15.0. The first-order chi connectivity index (χ1) is 41.1. The van der Waals surface area contributed by atoms with Gasteiger partial charge in [-0.05, 0) is 187 Å². The second-order valence-electron chi connectivity index (χ2n) is 22.6. The van der Waals surface area contributed by atoms with Gasteiger partial charge in [0.15, 0.2) is 0 Å². The lowest BCUT2D eigenvalue weighted by Crippen LogP contribution is -1.95. The third kappa shape index (κ3) is 7.94. The van der Waals surface area contributed by atoms with E-state index in [-0.39, 0.29) is 0 Å². The van der Waals surface area contributed by atoms with Gasteiger partial charge >= 0.3 is 0 Å². The van der Waals surface area contributed by atoms with Crippen LogP contribution in [0.4, 0.5) is 0 Å². The number of aryl methyl sites for hydroxylation is 2. The summed E-state index contributed by atoms with van der Waals surface area (Å²) in [4.78, 5) is 0. The molecular formula is C80H59N3. The number of para-hydroxylation sites is 2. The highest BCUT2D eigenvalue weighted by Crippen LogP contribution is 2.46. The van der Waals surface area contributed by atoms with Crippen molar-refractivity contribution in [2.45, 2.75) is 39.5 Å². The maximum absolute atomic E-state index is 2.47. The molecule has 3 aromatic heterocycles. The fraction of sp³-hybridized carbons (Fsp3) is 0.0750. The lowest BCUT2D eigenvalue weighted by molar-refractivity contribution is 0.921. The number of nitrogens with zero attached hydrogens (tertiary/aromatic N) is 3. The zero-order valence-corrected chi connectivity index (χ0v) is 46.7. The van der Waals surface area contributed by atoms with E-state index in [4.69, 9.17) is 0 Å². The highest BCUT2D eigenvalue weighted by Gasteiger charge is 2.21. The molecule has 394 valence electrons. The van der Waals surface area contributed by atoms with Gasteiger partial charge in [0, 0.05) is 49.4 Å². The van der Waals surface area contributed by atoms with Crippen LogP contribution in [-0.4, -0.2) is 13.7 Å². The molecule has 0 bridgehead atoms. The van der Waals surface area contributed by atoms with Crippen molar-refractivity contribution in [3.8, 4) is 61.6 Å². The van der Waals surface area contributed by atoms with Crippen LogP contribution in [0.1, 0.15) is 37.8 Å². The van der Waals surface area contributed by atoms with E-state index in [1.54, 1.807) is 0 Å². The SMILES string of the molecule is CCCc1ccc(-n2c3ccccc3c3cc(-c4ccc5c(c4)c4cc(-c6ccc7c(c6)c6ccccc6n7-c6ccc(CCC)cc6)ccc4n5-c4ccc(-c5c6ccccc6c(-c6ccccc6)c6ccccc56)cc4)ccc32)cc1. The Labute approximate surface area is 483 Å². The summed E-state index contributed by atoms with van der Waals surface area (Å²) in [5.74, 6) is 0. The van der Waals surface area contributed by atoms with E-state index in [0.717, 1.165) is 31.4 Å². The van der Waals surface area contributed by atoms with Crippen LogP contribution in [-0.2, 0) is 12.8 Å². The third-order valence-corrected chi connectivity index (χ3v) is 17.7. The molecule has 0 spiro atoms. The smallest absolute Gasteiger partial charge is 0.0541 e. The van der Waals surface area contributed by atoms with Crippen molar-refractivity contribution in [2.75, 3.05) is 0 Å². The minimum atomic E-state index is 1.09. The first-order valence-electron chi connectivity index (χ1n) is 29.5. The average Bonchev–Trinajstić information content (AvgIpc) is 3.50. The van der Waals surface area contributed by atoms with Gasteiger partial charge in [0.05, 0.1) is 33.1 Å². The second kappa shape index (κ2) is 19.8. The van der Waals surface area contributed by atoms with Gasteiger partial charge in [0.25, 0.3) is 0 Å². The van der Waals surface area contributed by atoms with Gasteiger partial charge < -0.3 is 13.7 Å². The van der Waals surface area contributed by atoms with Crippen molar-refractivity contribution in [3.63, 3.8) is 0 Å². The summed E-state index contributed by atoms with van der Waals surface area (Å²) in [7, 11) is 0. The topological polar surface area (TPSA) is 14.8 Å². The fourth-order valence-corrected chi connectivity index (χ4v) is 13.9. The van der Waals surface area contributed by atoms with Gasteiger partial charge in [0.1, 0.15) is 0 Å². The molecule has 3 nitrogen and oxygen atoms in total. The van der Waals surface area contributed by atoms with Crippen LogP contribution in [0.2, 0.25) is 0 Å². The maximum Gasteiger partial charge on any atom is 0.0541 e. The molecule has 0 saturated heterocycles. The summed E-state index contributed by atoms with van der Waals surface area (Å²) in [5, 5.41) is 12.5. The molecule has 0 radical (unpaired) electrons. The van der Waals surface area contributed by atoms with Crippen LogP contribution in [0.3, 0.4) is 0 Å². The quantitative estimate of drug-likeness (QED) is 0.115. The zero-order valence-electron chi connectivity index (χ0n) is 46.7. The molecule has 0 aliphatic heterocycles. The predicted molar refractivity (Wildman–Crippen MR) is 354 cm³/mol. The van der Waals surface area contributed by atoms with Crippen LogP contribution in [0.15, 0.2) is 273 Å². The minimum absolute atomic E-state index is 1.09. The first-order valence-corrected chi connectivity index (χ1v) is 29.5. The Morgan fingerprint density at radius 2 is 0.482 bits per heavy atom. The standard InChI is InChI=1S/C80H59N3/c1-3-16-52-28-38-60(39-29-52)81-73-26-14-12-20-63(73)69-48-56(34-44-75(69)81)58-36-46-77-71(50-58)72-51-59(57-35-45-76-70(49-57)64-21-13-15-27-74(64)82(76)61-40-30-53(17-4-2)31-41-61)37-47-78(72)83(77)62-42-32-55(33-43-62)80-67-24-10-8-22-65(67)79(54-18-6-5-7-19-54)66-23-9-11-25-68(66)80/h5-15,18-51H,3-4,16-17H2,1-2H3. The largest absolute Gasteiger partial charge is 0.309 e. The summed E-state index contributed by atoms with van der Waals surface area (Å²) < 4.78 is 7.33. The number of hydrogen-bond donors (Lipinski definition) is 0. The van der Waals surface area contributed by atoms with Crippen molar-refractivity contribution >= 4 is 87.0 Å². The Morgan fingerprint density at radius 3 is 0.831 bits per heavy atom. The zero-order chi connectivity index (χ0) is 55.1. The Hall–Kier alpha value is -10.2. The Balaban J connectivity index is 0.863. The highest BCUT2D eigenvalue weighted by molar-refractivity contribution is 6.22. The second-order valence-corrected chi connectivity index (χ2v) is 22.6. The maximum atomic E-state index is 2.47. The normalized spacial score (nSPS) is 11.9. The number of aromatic nitrogens is 3. The molecule has 0 aliphatic rings. The van der Waals surface area contributed by atoms with Gasteiger partial charge in [-0.25, -0.2) is 0 Å². The molecule has 3 heterocycles. The molecule has 16 aromatic rings. The summed E-state index contributed by atoms with van der Waals surface area (Å²) in [5.41, 5.74) is 23.2. The molecule has 0 aliphatic carbocycles. The monoisotopic (exact) mass is 1060 g/mol. The average molecular weight is 1060 g/mol. The van der Waals surface area contributed by atoms with Crippen LogP contribution in [0, 0.1) is 0 Å². The Bertz CT molecular complexity index is 4910. The minimum Gasteiger partial charge on any atom is -0.309 e. The number of rotatable bonds is 11. The molecule has 0 unspecified atom stereocenters. The van der Waals surface area contributed by atoms with E-state index < -0.39 is 0 Å². The number of benzene rings is 13. The fourth-order valence-electron chi connectivity index (χ4n) is 13.9. The van der Waals surface area contributed by atoms with Crippen molar-refractivity contribution in [1.29, 1.82) is 0 Å². The van der Waals surface area contributed by atoms with Gasteiger partial charge in [-0.15, -0.1) is 0 Å². The molecule has 0 amide bonds. The van der Waals surface area contributed by atoms with Crippen molar-refractivity contribution < 1.29 is 0 Å². The van der Waals surface area contributed by atoms with Gasteiger partial charge in [0.2, 0.25) is 0 Å². The third-order valence-electron chi connectivity index (χ3n) is 17.7. The molecule has 0 atom stereocenters. The van der Waals surface area contributed by atoms with E-state index in [2.05, 4.69) is 301 Å². The van der Waals surface area contributed by atoms with Crippen molar-refractivity contribution in [2.24, 2.45) is 0 Å². The Morgan fingerprint density at radius 1 is 0.217 bits per heavy atom.